The molecule has 0 aromatic heterocycles. The molecule has 194 valence electrons. The molecule has 0 fully saturated rings. The van der Waals surface area contributed by atoms with E-state index in [0.717, 1.165) is 4.90 Å². The van der Waals surface area contributed by atoms with E-state index in [2.05, 4.69) is 10.6 Å². The monoisotopic (exact) mass is 571 g/mol. The Morgan fingerprint density at radius 1 is 0.816 bits per heavy atom. The third-order valence-electron chi connectivity index (χ3n) is 5.32. The van der Waals surface area contributed by atoms with E-state index >= 15 is 0 Å². The summed E-state index contributed by atoms with van der Waals surface area (Å²) in [5.74, 6) is -2.25. The maximum Gasteiger partial charge on any atom is 0.338 e. The Kier molecular flexibility index (Phi) is 8.06. The van der Waals surface area contributed by atoms with Crippen LogP contribution in [0.15, 0.2) is 77.5 Å². The lowest BCUT2D eigenvalue weighted by Gasteiger charge is -2.16. The molecule has 1 aliphatic rings. The highest BCUT2D eigenvalue weighted by Crippen LogP contribution is 2.35. The molecule has 4 rings (SSSR count). The number of carbonyl (C=O) groups is 4. The number of rotatable bonds is 7. The van der Waals surface area contributed by atoms with Gasteiger partial charge in [0, 0.05) is 22.0 Å². The van der Waals surface area contributed by atoms with Crippen molar-refractivity contribution in [2.24, 2.45) is 0 Å². The molecular formula is C27H20Cl3N3O5. The lowest BCUT2D eigenvalue weighted by atomic mass is 10.1. The molecule has 8 nitrogen and oxygen atoms in total. The maximum absolute atomic E-state index is 13.0. The van der Waals surface area contributed by atoms with Crippen LogP contribution in [-0.2, 0) is 14.3 Å². The third-order valence-corrected chi connectivity index (χ3v) is 6.20. The van der Waals surface area contributed by atoms with Gasteiger partial charge in [0.25, 0.3) is 17.7 Å². The van der Waals surface area contributed by atoms with Crippen LogP contribution in [0.1, 0.15) is 34.6 Å². The summed E-state index contributed by atoms with van der Waals surface area (Å²) in [5.41, 5.74) is 1.65. The molecule has 3 aromatic rings. The second-order valence-corrected chi connectivity index (χ2v) is 9.64. The zero-order chi connectivity index (χ0) is 27.6. The quantitative estimate of drug-likeness (QED) is 0.256. The summed E-state index contributed by atoms with van der Waals surface area (Å²) in [5, 5.41) is 5.74. The minimum Gasteiger partial charge on any atom is -0.459 e. The molecule has 3 aromatic carbocycles. The average molecular weight is 573 g/mol. The van der Waals surface area contributed by atoms with Crippen LogP contribution in [0.25, 0.3) is 0 Å². The van der Waals surface area contributed by atoms with Crippen molar-refractivity contribution in [3.8, 4) is 0 Å². The van der Waals surface area contributed by atoms with Gasteiger partial charge in [-0.1, -0.05) is 34.8 Å². The van der Waals surface area contributed by atoms with Gasteiger partial charge in [0.2, 0.25) is 0 Å². The molecule has 38 heavy (non-hydrogen) atoms. The van der Waals surface area contributed by atoms with Crippen molar-refractivity contribution in [3.63, 3.8) is 0 Å². The van der Waals surface area contributed by atoms with Gasteiger partial charge >= 0.3 is 5.97 Å². The summed E-state index contributed by atoms with van der Waals surface area (Å²) >= 11 is 18.2. The zero-order valence-electron chi connectivity index (χ0n) is 20.1. The van der Waals surface area contributed by atoms with Crippen LogP contribution in [0, 0.1) is 0 Å². The predicted octanol–water partition coefficient (Wildman–Crippen LogP) is 6.25. The highest BCUT2D eigenvalue weighted by Gasteiger charge is 2.39. The van der Waals surface area contributed by atoms with Crippen LogP contribution in [0.4, 0.5) is 17.1 Å². The molecular weight excluding hydrogens is 553 g/mol. The van der Waals surface area contributed by atoms with Crippen molar-refractivity contribution in [1.82, 2.24) is 0 Å². The maximum atomic E-state index is 13.0. The molecule has 0 unspecified atom stereocenters. The van der Waals surface area contributed by atoms with E-state index in [-0.39, 0.29) is 33.5 Å². The van der Waals surface area contributed by atoms with Crippen LogP contribution >= 0.6 is 34.8 Å². The molecule has 0 radical (unpaired) electrons. The Hall–Kier alpha value is -3.85. The van der Waals surface area contributed by atoms with Crippen LogP contribution in [0.2, 0.25) is 10.0 Å². The molecule has 1 aliphatic heterocycles. The van der Waals surface area contributed by atoms with Crippen molar-refractivity contribution in [3.05, 3.63) is 98.6 Å². The summed E-state index contributed by atoms with van der Waals surface area (Å²) in [4.78, 5) is 51.1. The Balaban J connectivity index is 1.42. The number of hydrogen-bond donors (Lipinski definition) is 2. The van der Waals surface area contributed by atoms with E-state index in [1.54, 1.807) is 50.2 Å². The fourth-order valence-corrected chi connectivity index (χ4v) is 4.22. The number of halogens is 3. The molecule has 0 atom stereocenters. The van der Waals surface area contributed by atoms with Crippen LogP contribution in [0.5, 0.6) is 0 Å². The number of carbonyl (C=O) groups excluding carboxylic acids is 4. The molecule has 0 saturated heterocycles. The second-order valence-electron chi connectivity index (χ2n) is 8.42. The number of hydrogen-bond acceptors (Lipinski definition) is 6. The molecule has 0 saturated carbocycles. The Morgan fingerprint density at radius 3 is 2.03 bits per heavy atom. The van der Waals surface area contributed by atoms with E-state index in [0.29, 0.717) is 27.5 Å². The summed E-state index contributed by atoms with van der Waals surface area (Å²) in [6.45, 7) is 3.52. The predicted molar refractivity (Wildman–Crippen MR) is 147 cm³/mol. The van der Waals surface area contributed by atoms with Gasteiger partial charge in [0.05, 0.1) is 22.4 Å². The first-order valence-corrected chi connectivity index (χ1v) is 12.4. The molecule has 0 bridgehead atoms. The summed E-state index contributed by atoms with van der Waals surface area (Å²) < 4.78 is 5.15. The Labute approximate surface area is 233 Å². The second kappa shape index (κ2) is 11.3. The van der Waals surface area contributed by atoms with Crippen LogP contribution < -0.4 is 15.5 Å². The van der Waals surface area contributed by atoms with E-state index in [1.807, 2.05) is 0 Å². The third kappa shape index (κ3) is 5.83. The highest BCUT2D eigenvalue weighted by atomic mass is 35.5. The first-order valence-electron chi connectivity index (χ1n) is 11.3. The van der Waals surface area contributed by atoms with Crippen molar-refractivity contribution in [1.29, 1.82) is 0 Å². The topological polar surface area (TPSA) is 105 Å². The number of amides is 3. The summed E-state index contributed by atoms with van der Waals surface area (Å²) in [6.07, 6.45) is -0.236. The minimum atomic E-state index is -0.733. The zero-order valence-corrected chi connectivity index (χ0v) is 22.3. The fourth-order valence-electron chi connectivity index (χ4n) is 3.52. The first-order chi connectivity index (χ1) is 18.0. The van der Waals surface area contributed by atoms with Gasteiger partial charge in [0.15, 0.2) is 0 Å². The number of nitrogens with one attached hydrogen (secondary N) is 2. The smallest absolute Gasteiger partial charge is 0.338 e. The molecule has 11 heteroatoms. The number of nitrogens with zero attached hydrogens (tertiary/aromatic N) is 1. The molecule has 2 N–H and O–H groups in total. The number of benzene rings is 3. The molecule has 0 spiro atoms. The molecule has 3 amide bonds. The van der Waals surface area contributed by atoms with Gasteiger partial charge in [-0.25, -0.2) is 9.69 Å². The van der Waals surface area contributed by atoms with Crippen molar-refractivity contribution < 1.29 is 23.9 Å². The Bertz CT molecular complexity index is 1470. The van der Waals surface area contributed by atoms with E-state index in [1.165, 1.54) is 30.3 Å². The van der Waals surface area contributed by atoms with Crippen molar-refractivity contribution in [2.75, 3.05) is 15.5 Å². The largest absolute Gasteiger partial charge is 0.459 e. The van der Waals surface area contributed by atoms with E-state index in [4.69, 9.17) is 39.5 Å². The summed E-state index contributed by atoms with van der Waals surface area (Å²) in [6, 6.07) is 16.9. The standard InChI is InChI=1S/C27H20Cl3N3O5/c1-14(2)38-27(37)16-5-10-19(11-6-16)32-24(34)15-3-8-18(9-4-15)31-23-22(30)25(35)33(26(23)36)21-12-7-17(28)13-20(21)29/h3-14,31H,1-2H3,(H,32,34). The normalized spacial score (nSPS) is 13.3. The SMILES string of the molecule is CC(C)OC(=O)c1ccc(NC(=O)c2ccc(NC3=C(Cl)C(=O)N(c4ccc(Cl)cc4Cl)C3=O)cc2)cc1. The van der Waals surface area contributed by atoms with Gasteiger partial charge in [-0.3, -0.25) is 14.4 Å². The van der Waals surface area contributed by atoms with Gasteiger partial charge in [0.1, 0.15) is 10.7 Å². The van der Waals surface area contributed by atoms with Crippen molar-refractivity contribution >= 4 is 75.6 Å². The molecule has 1 heterocycles. The van der Waals surface area contributed by atoms with Crippen LogP contribution in [0.3, 0.4) is 0 Å². The fraction of sp³-hybridized carbons (Fsp3) is 0.111. The average Bonchev–Trinajstić information content (AvgIpc) is 3.07. The molecule has 0 aliphatic carbocycles. The number of anilines is 3. The van der Waals surface area contributed by atoms with Crippen LogP contribution in [-0.4, -0.2) is 29.8 Å². The van der Waals surface area contributed by atoms with E-state index in [9.17, 15) is 19.2 Å². The van der Waals surface area contributed by atoms with Gasteiger partial charge in [-0.15, -0.1) is 0 Å². The van der Waals surface area contributed by atoms with E-state index < -0.39 is 17.8 Å². The minimum absolute atomic E-state index is 0.116. The first kappa shape index (κ1) is 27.2. The van der Waals surface area contributed by atoms with Crippen molar-refractivity contribution in [2.45, 2.75) is 20.0 Å². The summed E-state index contributed by atoms with van der Waals surface area (Å²) in [7, 11) is 0. The highest BCUT2D eigenvalue weighted by molar-refractivity contribution is 6.54. The lowest BCUT2D eigenvalue weighted by molar-refractivity contribution is -0.120. The van der Waals surface area contributed by atoms with Gasteiger partial charge < -0.3 is 15.4 Å². The van der Waals surface area contributed by atoms with Gasteiger partial charge in [-0.2, -0.15) is 0 Å². The lowest BCUT2D eigenvalue weighted by Crippen LogP contribution is -2.32. The van der Waals surface area contributed by atoms with Gasteiger partial charge in [-0.05, 0) is 80.6 Å². The Morgan fingerprint density at radius 2 is 1.42 bits per heavy atom. The number of esters is 1. The number of ether oxygens (including phenoxy) is 1. The number of imide groups is 1.